The molecule has 1 saturated heterocycles. The number of carbonyl (C=O) groups excluding carboxylic acids is 1. The van der Waals surface area contributed by atoms with E-state index in [0.29, 0.717) is 4.32 Å². The molecule has 1 aliphatic heterocycles. The van der Waals surface area contributed by atoms with Crippen LogP contribution in [0.15, 0.2) is 24.3 Å². The first-order valence-corrected chi connectivity index (χ1v) is 6.93. The van der Waals surface area contributed by atoms with Crippen LogP contribution in [0, 0.1) is 6.92 Å². The first-order valence-electron chi connectivity index (χ1n) is 5.26. The number of hydrogen-bond acceptors (Lipinski definition) is 3. The van der Waals surface area contributed by atoms with Gasteiger partial charge in [-0.05, 0) is 31.0 Å². The van der Waals surface area contributed by atoms with Gasteiger partial charge in [-0.2, -0.15) is 0 Å². The second-order valence-electron chi connectivity index (χ2n) is 4.08. The summed E-state index contributed by atoms with van der Waals surface area (Å²) in [5.74, 6) is 0. The number of halogens is 1. The minimum absolute atomic E-state index is 0.000191. The molecule has 90 valence electrons. The van der Waals surface area contributed by atoms with Gasteiger partial charge in [0, 0.05) is 0 Å². The fourth-order valence-electron chi connectivity index (χ4n) is 1.90. The molecule has 0 radical (unpaired) electrons. The van der Waals surface area contributed by atoms with Crippen molar-refractivity contribution in [3.05, 3.63) is 35.4 Å². The molecule has 1 heterocycles. The minimum atomic E-state index is -0.496. The van der Waals surface area contributed by atoms with Gasteiger partial charge in [-0.15, -0.1) is 0 Å². The van der Waals surface area contributed by atoms with Crippen molar-refractivity contribution in [3.8, 4) is 0 Å². The molecule has 2 atom stereocenters. The number of thiocarbonyl (C=S) groups is 1. The first kappa shape index (κ1) is 12.9. The van der Waals surface area contributed by atoms with Gasteiger partial charge < -0.3 is 0 Å². The van der Waals surface area contributed by atoms with Crippen LogP contribution < -0.4 is 0 Å². The van der Waals surface area contributed by atoms with E-state index in [1.54, 1.807) is 0 Å². The molecule has 0 aromatic heterocycles. The smallest absolute Gasteiger partial charge is 0.280 e. The van der Waals surface area contributed by atoms with Crippen molar-refractivity contribution < 1.29 is 4.79 Å². The maximum absolute atomic E-state index is 11.3. The van der Waals surface area contributed by atoms with E-state index in [1.807, 2.05) is 13.8 Å². The number of nitrogens with zero attached hydrogens (tertiary/aromatic N) is 1. The molecule has 0 aliphatic carbocycles. The number of rotatable bonds is 1. The van der Waals surface area contributed by atoms with E-state index in [-0.39, 0.29) is 11.3 Å². The van der Waals surface area contributed by atoms with Gasteiger partial charge in [0.1, 0.15) is 4.32 Å². The number of aryl methyl sites for hydroxylation is 1. The summed E-state index contributed by atoms with van der Waals surface area (Å²) in [6.45, 7) is 4.02. The zero-order chi connectivity index (χ0) is 12.6. The highest BCUT2D eigenvalue weighted by Crippen LogP contribution is 2.43. The first-order chi connectivity index (χ1) is 8.00. The molecule has 2 rings (SSSR count). The number of thioether (sulfide) groups is 1. The van der Waals surface area contributed by atoms with Gasteiger partial charge in [-0.25, -0.2) is 0 Å². The molecule has 0 bridgehead atoms. The summed E-state index contributed by atoms with van der Waals surface area (Å²) >= 11 is 12.2. The van der Waals surface area contributed by atoms with E-state index >= 15 is 0 Å². The highest BCUT2D eigenvalue weighted by molar-refractivity contribution is 8.23. The van der Waals surface area contributed by atoms with Crippen molar-refractivity contribution in [1.29, 1.82) is 0 Å². The number of benzene rings is 1. The molecule has 2 unspecified atom stereocenters. The fraction of sp³-hybridized carbons (Fsp3) is 0.333. The van der Waals surface area contributed by atoms with Crippen LogP contribution in [-0.4, -0.2) is 20.6 Å². The molecular formula is C12H12ClNOS2. The molecule has 0 saturated carbocycles. The Balaban J connectivity index is 2.27. The van der Waals surface area contributed by atoms with Gasteiger partial charge in [0.25, 0.3) is 0 Å². The van der Waals surface area contributed by atoms with Gasteiger partial charge in [0.2, 0.25) is 0 Å². The van der Waals surface area contributed by atoms with Gasteiger partial charge in [-0.1, -0.05) is 53.8 Å². The average Bonchev–Trinajstić information content (AvgIpc) is 2.55. The van der Waals surface area contributed by atoms with Crippen LogP contribution in [0.2, 0.25) is 0 Å². The Bertz CT molecular complexity index is 460. The van der Waals surface area contributed by atoms with Gasteiger partial charge >= 0.3 is 5.37 Å². The summed E-state index contributed by atoms with van der Waals surface area (Å²) in [6, 6.07) is 8.29. The van der Waals surface area contributed by atoms with Crippen LogP contribution >= 0.6 is 35.6 Å². The Kier molecular flexibility index (Phi) is 3.76. The summed E-state index contributed by atoms with van der Waals surface area (Å²) in [5.41, 5.74) is 2.40. The van der Waals surface area contributed by atoms with E-state index in [1.165, 1.54) is 27.8 Å². The van der Waals surface area contributed by atoms with Crippen LogP contribution in [0.3, 0.4) is 0 Å². The van der Waals surface area contributed by atoms with Gasteiger partial charge in [0.15, 0.2) is 0 Å². The zero-order valence-corrected chi connectivity index (χ0v) is 11.9. The third kappa shape index (κ3) is 2.49. The summed E-state index contributed by atoms with van der Waals surface area (Å²) in [5, 5.41) is -0.324. The van der Waals surface area contributed by atoms with E-state index in [4.69, 9.17) is 23.8 Å². The van der Waals surface area contributed by atoms with Crippen LogP contribution in [0.4, 0.5) is 4.79 Å². The largest absolute Gasteiger partial charge is 0.322 e. The van der Waals surface area contributed by atoms with Gasteiger partial charge in [-0.3, -0.25) is 9.69 Å². The summed E-state index contributed by atoms with van der Waals surface area (Å²) in [4.78, 5) is 12.8. The molecule has 0 spiro atoms. The van der Waals surface area contributed by atoms with E-state index in [9.17, 15) is 4.79 Å². The molecule has 2 nitrogen and oxygen atoms in total. The minimum Gasteiger partial charge on any atom is -0.280 e. The maximum Gasteiger partial charge on any atom is 0.322 e. The molecule has 0 N–H and O–H groups in total. The lowest BCUT2D eigenvalue weighted by Gasteiger charge is -2.20. The summed E-state index contributed by atoms with van der Waals surface area (Å²) in [6.07, 6.45) is 0. The average molecular weight is 286 g/mol. The van der Waals surface area contributed by atoms with Crippen LogP contribution in [0.25, 0.3) is 0 Å². The quantitative estimate of drug-likeness (QED) is 0.440. The molecule has 1 aromatic rings. The highest BCUT2D eigenvalue weighted by atomic mass is 35.5. The van der Waals surface area contributed by atoms with Crippen LogP contribution in [0.5, 0.6) is 0 Å². The molecule has 1 fully saturated rings. The molecule has 5 heteroatoms. The normalized spacial score (nSPS) is 24.2. The highest BCUT2D eigenvalue weighted by Gasteiger charge is 2.39. The third-order valence-corrected chi connectivity index (χ3v) is 4.85. The maximum atomic E-state index is 11.3. The van der Waals surface area contributed by atoms with Crippen molar-refractivity contribution in [3.63, 3.8) is 0 Å². The Morgan fingerprint density at radius 1 is 1.41 bits per heavy atom. The molecule has 1 aliphatic rings. The van der Waals surface area contributed by atoms with Gasteiger partial charge in [0.05, 0.1) is 11.3 Å². The monoisotopic (exact) mass is 285 g/mol. The molecular weight excluding hydrogens is 274 g/mol. The van der Waals surface area contributed by atoms with E-state index < -0.39 is 5.37 Å². The van der Waals surface area contributed by atoms with Crippen molar-refractivity contribution >= 4 is 45.3 Å². The fourth-order valence-corrected chi connectivity index (χ4v) is 3.99. The second-order valence-corrected chi connectivity index (χ2v) is 6.18. The Morgan fingerprint density at radius 3 is 2.47 bits per heavy atom. The SMILES string of the molecule is Cc1ccc(C2SC(=S)N(C(=O)Cl)C2C)cc1. The summed E-state index contributed by atoms with van der Waals surface area (Å²) in [7, 11) is 0. The lowest BCUT2D eigenvalue weighted by atomic mass is 10.0. The van der Waals surface area contributed by atoms with Crippen LogP contribution in [-0.2, 0) is 0 Å². The predicted molar refractivity (Wildman–Crippen MR) is 76.7 cm³/mol. The Hall–Kier alpha value is -0.580. The number of amides is 1. The number of hydrogen-bond donors (Lipinski definition) is 0. The van der Waals surface area contributed by atoms with Crippen molar-refractivity contribution in [1.82, 2.24) is 4.90 Å². The lowest BCUT2D eigenvalue weighted by molar-refractivity contribution is 0.236. The Morgan fingerprint density at radius 2 is 2.00 bits per heavy atom. The zero-order valence-electron chi connectivity index (χ0n) is 9.51. The molecule has 17 heavy (non-hydrogen) atoms. The molecule has 1 aromatic carbocycles. The Labute approximate surface area is 115 Å². The standard InChI is InChI=1S/C12H12ClNOS2/c1-7-3-5-9(6-4-7)10-8(2)14(11(13)15)12(16)17-10/h3-6,8,10H,1-2H3. The van der Waals surface area contributed by atoms with E-state index in [2.05, 4.69) is 24.3 Å². The van der Waals surface area contributed by atoms with Crippen molar-refractivity contribution in [2.75, 3.05) is 0 Å². The molecule has 1 amide bonds. The number of carbonyl (C=O) groups is 1. The lowest BCUT2D eigenvalue weighted by Crippen LogP contribution is -2.33. The topological polar surface area (TPSA) is 20.3 Å². The summed E-state index contributed by atoms with van der Waals surface area (Å²) < 4.78 is 0.558. The van der Waals surface area contributed by atoms with Crippen LogP contribution in [0.1, 0.15) is 23.3 Å². The third-order valence-electron chi connectivity index (χ3n) is 2.87. The van der Waals surface area contributed by atoms with Crippen molar-refractivity contribution in [2.24, 2.45) is 0 Å². The van der Waals surface area contributed by atoms with Crippen molar-refractivity contribution in [2.45, 2.75) is 25.1 Å². The van der Waals surface area contributed by atoms with E-state index in [0.717, 1.165) is 0 Å². The second kappa shape index (κ2) is 4.96. The predicted octanol–water partition coefficient (Wildman–Crippen LogP) is 4.12.